The van der Waals surface area contributed by atoms with Gasteiger partial charge in [0.15, 0.2) is 15.7 Å². The van der Waals surface area contributed by atoms with Gasteiger partial charge in [0.05, 0.1) is 11.9 Å². The molecule has 1 aromatic rings. The van der Waals surface area contributed by atoms with Crippen LogP contribution in [0.15, 0.2) is 4.90 Å². The normalized spacial score (nSPS) is 15.2. The first-order valence-electron chi connectivity index (χ1n) is 6.02. The van der Waals surface area contributed by atoms with Gasteiger partial charge in [-0.05, 0) is 24.4 Å². The van der Waals surface area contributed by atoms with Crippen LogP contribution >= 0.6 is 11.5 Å². The van der Waals surface area contributed by atoms with E-state index in [4.69, 9.17) is 16.2 Å². The van der Waals surface area contributed by atoms with Crippen LogP contribution in [0.1, 0.15) is 12.8 Å². The number of rotatable bonds is 8. The van der Waals surface area contributed by atoms with E-state index in [2.05, 4.69) is 9.69 Å². The lowest BCUT2D eigenvalue weighted by atomic mass is 10.5. The number of sulfone groups is 1. The second kappa shape index (κ2) is 5.94. The average molecular weight is 320 g/mol. The highest BCUT2D eigenvalue weighted by Gasteiger charge is 2.40. The topological polar surface area (TPSA) is 137 Å². The van der Waals surface area contributed by atoms with E-state index in [0.29, 0.717) is 24.4 Å². The van der Waals surface area contributed by atoms with Crippen LogP contribution in [0.25, 0.3) is 0 Å². The fraction of sp³-hybridized carbons (Fsp3) is 0.600. The van der Waals surface area contributed by atoms with Crippen molar-refractivity contribution in [2.24, 2.45) is 5.73 Å². The Balaban J connectivity index is 1.97. The summed E-state index contributed by atoms with van der Waals surface area (Å²) >= 11 is 1.00. The fourth-order valence-electron chi connectivity index (χ4n) is 1.64. The molecule has 1 fully saturated rings. The highest BCUT2D eigenvalue weighted by Crippen LogP contribution is 2.40. The van der Waals surface area contributed by atoms with Gasteiger partial charge >= 0.3 is 0 Å². The minimum absolute atomic E-state index is 0.0301. The maximum Gasteiger partial charge on any atom is 0.243 e. The third-order valence-corrected chi connectivity index (χ3v) is 5.98. The van der Waals surface area contributed by atoms with Gasteiger partial charge in [-0.2, -0.15) is 4.37 Å². The van der Waals surface area contributed by atoms with Gasteiger partial charge in [0, 0.05) is 6.54 Å². The molecule has 0 aromatic carbocycles. The molecule has 1 aromatic heterocycles. The molecular weight excluding hydrogens is 304 g/mol. The molecule has 1 heterocycles. The van der Waals surface area contributed by atoms with Crippen molar-refractivity contribution >= 4 is 38.1 Å². The molecule has 0 saturated heterocycles. The first kappa shape index (κ1) is 15.0. The van der Waals surface area contributed by atoms with Gasteiger partial charge in [0.1, 0.15) is 16.5 Å². The molecular formula is C10H16N4O4S2. The van der Waals surface area contributed by atoms with Gasteiger partial charge in [-0.3, -0.25) is 4.79 Å². The SMILES string of the molecule is NC(=O)COCCNc1snc(N)c1S(=O)(=O)C1CC1. The molecule has 20 heavy (non-hydrogen) atoms. The summed E-state index contributed by atoms with van der Waals surface area (Å²) in [5.41, 5.74) is 10.6. The second-order valence-corrected chi connectivity index (χ2v) is 7.35. The Morgan fingerprint density at radius 1 is 1.50 bits per heavy atom. The van der Waals surface area contributed by atoms with Crippen LogP contribution in [0, 0.1) is 0 Å². The highest BCUT2D eigenvalue weighted by atomic mass is 32.2. The lowest BCUT2D eigenvalue weighted by Gasteiger charge is -2.07. The molecule has 0 unspecified atom stereocenters. The summed E-state index contributed by atoms with van der Waals surface area (Å²) in [6.45, 7) is 0.394. The van der Waals surface area contributed by atoms with Gasteiger partial charge in [-0.25, -0.2) is 8.42 Å². The smallest absolute Gasteiger partial charge is 0.243 e. The zero-order valence-corrected chi connectivity index (χ0v) is 12.3. The van der Waals surface area contributed by atoms with Crippen LogP contribution < -0.4 is 16.8 Å². The van der Waals surface area contributed by atoms with Gasteiger partial charge in [-0.15, -0.1) is 0 Å². The van der Waals surface area contributed by atoms with Crippen molar-refractivity contribution in [3.05, 3.63) is 0 Å². The van der Waals surface area contributed by atoms with Gasteiger partial charge < -0.3 is 21.5 Å². The summed E-state index contributed by atoms with van der Waals surface area (Å²) < 4.78 is 33.3. The second-order valence-electron chi connectivity index (χ2n) is 4.42. The van der Waals surface area contributed by atoms with Gasteiger partial charge in [0.2, 0.25) is 5.91 Å². The number of carbonyl (C=O) groups is 1. The Labute approximate surface area is 120 Å². The van der Waals surface area contributed by atoms with Crippen molar-refractivity contribution in [2.45, 2.75) is 23.0 Å². The summed E-state index contributed by atoms with van der Waals surface area (Å²) in [6, 6.07) is 0. The molecule has 1 amide bonds. The predicted molar refractivity (Wildman–Crippen MR) is 75.2 cm³/mol. The molecule has 1 aliphatic carbocycles. The number of hydrogen-bond donors (Lipinski definition) is 3. The third-order valence-electron chi connectivity index (χ3n) is 2.70. The molecule has 0 aliphatic heterocycles. The largest absolute Gasteiger partial charge is 0.382 e. The molecule has 5 N–H and O–H groups in total. The summed E-state index contributed by atoms with van der Waals surface area (Å²) in [5.74, 6) is -0.522. The Morgan fingerprint density at radius 3 is 2.80 bits per heavy atom. The Kier molecular flexibility index (Phi) is 4.45. The van der Waals surface area contributed by atoms with Crippen LogP contribution in [0.4, 0.5) is 10.8 Å². The van der Waals surface area contributed by atoms with Crippen LogP contribution in [-0.4, -0.2) is 43.7 Å². The number of carbonyl (C=O) groups excluding carboxylic acids is 1. The van der Waals surface area contributed by atoms with E-state index < -0.39 is 15.7 Å². The van der Waals surface area contributed by atoms with E-state index in [0.717, 1.165) is 11.5 Å². The molecule has 0 bridgehead atoms. The maximum atomic E-state index is 12.2. The van der Waals surface area contributed by atoms with E-state index in [1.807, 2.05) is 0 Å². The number of nitrogens with zero attached hydrogens (tertiary/aromatic N) is 1. The Hall–Kier alpha value is -1.39. The lowest BCUT2D eigenvalue weighted by Crippen LogP contribution is -2.20. The Bertz CT molecular complexity index is 594. The summed E-state index contributed by atoms with van der Waals surface area (Å²) in [4.78, 5) is 10.6. The van der Waals surface area contributed by atoms with Crippen LogP contribution in [0.5, 0.6) is 0 Å². The number of amides is 1. The fourth-order valence-corrected chi connectivity index (χ4v) is 4.55. The summed E-state index contributed by atoms with van der Waals surface area (Å²) in [5, 5.41) is 2.99. The van der Waals surface area contributed by atoms with Gasteiger partial charge in [-0.1, -0.05) is 0 Å². The van der Waals surface area contributed by atoms with Crippen LogP contribution in [-0.2, 0) is 19.4 Å². The van der Waals surface area contributed by atoms with Crippen LogP contribution in [0.3, 0.4) is 0 Å². The monoisotopic (exact) mass is 320 g/mol. The quantitative estimate of drug-likeness (QED) is 0.553. The molecule has 0 atom stereocenters. The van der Waals surface area contributed by atoms with E-state index in [1.165, 1.54) is 0 Å². The van der Waals surface area contributed by atoms with E-state index in [9.17, 15) is 13.2 Å². The first-order chi connectivity index (χ1) is 9.43. The minimum Gasteiger partial charge on any atom is -0.382 e. The Morgan fingerprint density at radius 2 is 2.20 bits per heavy atom. The van der Waals surface area contributed by atoms with E-state index in [1.54, 1.807) is 0 Å². The predicted octanol–water partition coefficient (Wildman–Crippen LogP) is -0.425. The molecule has 1 saturated carbocycles. The van der Waals surface area contributed by atoms with Crippen molar-refractivity contribution in [3.8, 4) is 0 Å². The lowest BCUT2D eigenvalue weighted by molar-refractivity contribution is -0.122. The number of nitrogen functional groups attached to an aromatic ring is 1. The molecule has 112 valence electrons. The highest BCUT2D eigenvalue weighted by molar-refractivity contribution is 7.92. The van der Waals surface area contributed by atoms with E-state index in [-0.39, 0.29) is 29.2 Å². The number of aromatic nitrogens is 1. The van der Waals surface area contributed by atoms with Crippen molar-refractivity contribution in [3.63, 3.8) is 0 Å². The van der Waals surface area contributed by atoms with Crippen molar-refractivity contribution in [1.82, 2.24) is 4.37 Å². The number of anilines is 2. The number of primary amides is 1. The number of ether oxygens (including phenoxy) is 1. The molecule has 0 spiro atoms. The van der Waals surface area contributed by atoms with Gasteiger partial charge in [0.25, 0.3) is 0 Å². The number of hydrogen-bond acceptors (Lipinski definition) is 8. The molecule has 0 radical (unpaired) electrons. The third kappa shape index (κ3) is 3.38. The zero-order valence-electron chi connectivity index (χ0n) is 10.7. The summed E-state index contributed by atoms with van der Waals surface area (Å²) in [7, 11) is -3.39. The summed E-state index contributed by atoms with van der Waals surface area (Å²) in [6.07, 6.45) is 1.33. The minimum atomic E-state index is -3.39. The maximum absolute atomic E-state index is 12.2. The average Bonchev–Trinajstić information content (AvgIpc) is 3.14. The van der Waals surface area contributed by atoms with Crippen molar-refractivity contribution < 1.29 is 17.9 Å². The van der Waals surface area contributed by atoms with Crippen molar-refractivity contribution in [1.29, 1.82) is 0 Å². The van der Waals surface area contributed by atoms with E-state index >= 15 is 0 Å². The first-order valence-corrected chi connectivity index (χ1v) is 8.34. The van der Waals surface area contributed by atoms with Crippen LogP contribution in [0.2, 0.25) is 0 Å². The molecule has 8 nitrogen and oxygen atoms in total. The van der Waals surface area contributed by atoms with Crippen molar-refractivity contribution in [2.75, 3.05) is 30.8 Å². The standard InChI is InChI=1S/C10H16N4O4S2/c11-7(15)5-18-4-3-13-10-8(9(12)14-19-10)20(16,17)6-1-2-6/h6,13H,1-5H2,(H2,11,15)(H2,12,14). The molecule has 10 heteroatoms. The number of nitrogens with one attached hydrogen (secondary N) is 1. The molecule has 1 aliphatic rings. The number of nitrogens with two attached hydrogens (primary N) is 2. The zero-order chi connectivity index (χ0) is 14.8. The molecule has 2 rings (SSSR count).